The van der Waals surface area contributed by atoms with Crippen LogP contribution < -0.4 is 0 Å². The van der Waals surface area contributed by atoms with Gasteiger partial charge in [0.1, 0.15) is 11.6 Å². The zero-order valence-electron chi connectivity index (χ0n) is 17.6. The minimum absolute atomic E-state index is 0.0876. The summed E-state index contributed by atoms with van der Waals surface area (Å²) < 4.78 is 32.7. The predicted molar refractivity (Wildman–Crippen MR) is 114 cm³/mol. The lowest BCUT2D eigenvalue weighted by Gasteiger charge is -2.31. The summed E-state index contributed by atoms with van der Waals surface area (Å²) in [6.07, 6.45) is 5.03. The zero-order chi connectivity index (χ0) is 21.8. The van der Waals surface area contributed by atoms with Gasteiger partial charge >= 0.3 is 0 Å². The molecular formula is C25H26F2N2O2. The number of hydrogen-bond donors (Lipinski definition) is 0. The van der Waals surface area contributed by atoms with Crippen LogP contribution in [0.4, 0.5) is 8.78 Å². The molecule has 4 rings (SSSR count). The van der Waals surface area contributed by atoms with Crippen molar-refractivity contribution in [3.8, 4) is 11.3 Å². The van der Waals surface area contributed by atoms with E-state index in [4.69, 9.17) is 4.42 Å². The van der Waals surface area contributed by atoms with Gasteiger partial charge in [0.15, 0.2) is 11.7 Å². The van der Waals surface area contributed by atoms with E-state index in [0.29, 0.717) is 18.2 Å². The maximum absolute atomic E-state index is 14.0. The predicted octanol–water partition coefficient (Wildman–Crippen LogP) is 5.74. The number of nitrogens with zero attached hydrogens (tertiary/aromatic N) is 2. The lowest BCUT2D eigenvalue weighted by Crippen LogP contribution is -2.39. The van der Waals surface area contributed by atoms with E-state index < -0.39 is 11.6 Å². The summed E-state index contributed by atoms with van der Waals surface area (Å²) in [6, 6.07) is 13.9. The average molecular weight is 424 g/mol. The molecule has 1 aromatic heterocycles. The van der Waals surface area contributed by atoms with E-state index in [0.717, 1.165) is 31.9 Å². The van der Waals surface area contributed by atoms with Crippen molar-refractivity contribution in [3.05, 3.63) is 77.8 Å². The molecule has 1 amide bonds. The summed E-state index contributed by atoms with van der Waals surface area (Å²) in [5.41, 5.74) is 1.42. The summed E-state index contributed by atoms with van der Waals surface area (Å²) >= 11 is 0. The Morgan fingerprint density at radius 2 is 2.03 bits per heavy atom. The minimum Gasteiger partial charge on any atom is -0.441 e. The second kappa shape index (κ2) is 9.41. The van der Waals surface area contributed by atoms with Gasteiger partial charge in [0.05, 0.1) is 11.8 Å². The highest BCUT2D eigenvalue weighted by Gasteiger charge is 2.34. The van der Waals surface area contributed by atoms with Crippen LogP contribution in [-0.2, 0) is 11.2 Å². The Morgan fingerprint density at radius 3 is 2.77 bits per heavy atom. The topological polar surface area (TPSA) is 46.3 Å². The Bertz CT molecular complexity index is 1040. The molecule has 6 heteroatoms. The summed E-state index contributed by atoms with van der Waals surface area (Å²) in [4.78, 5) is 19.2. The van der Waals surface area contributed by atoms with Crippen molar-refractivity contribution in [2.75, 3.05) is 6.54 Å². The molecule has 0 spiro atoms. The van der Waals surface area contributed by atoms with Crippen LogP contribution >= 0.6 is 0 Å². The zero-order valence-corrected chi connectivity index (χ0v) is 17.6. The fourth-order valence-corrected chi connectivity index (χ4v) is 4.55. The van der Waals surface area contributed by atoms with Gasteiger partial charge in [0, 0.05) is 37.4 Å². The first-order valence-corrected chi connectivity index (χ1v) is 10.8. The second-order valence-corrected chi connectivity index (χ2v) is 7.96. The van der Waals surface area contributed by atoms with E-state index >= 15 is 0 Å². The first-order chi connectivity index (χ1) is 15.1. The van der Waals surface area contributed by atoms with E-state index in [9.17, 15) is 13.6 Å². The smallest absolute Gasteiger partial charge is 0.223 e. The number of aryl methyl sites for hydroxylation is 1. The van der Waals surface area contributed by atoms with Gasteiger partial charge in [-0.1, -0.05) is 37.3 Å². The molecule has 0 saturated carbocycles. The van der Waals surface area contributed by atoms with Crippen molar-refractivity contribution in [3.63, 3.8) is 0 Å². The molecular weight excluding hydrogens is 398 g/mol. The molecule has 1 fully saturated rings. The molecule has 162 valence electrons. The van der Waals surface area contributed by atoms with Crippen LogP contribution in [0.3, 0.4) is 0 Å². The lowest BCUT2D eigenvalue weighted by atomic mass is 9.87. The quantitative estimate of drug-likeness (QED) is 0.486. The van der Waals surface area contributed by atoms with Crippen molar-refractivity contribution in [2.45, 2.75) is 51.0 Å². The molecule has 0 unspecified atom stereocenters. The molecule has 2 heterocycles. The molecule has 0 aliphatic carbocycles. The van der Waals surface area contributed by atoms with Crippen LogP contribution in [0.5, 0.6) is 0 Å². The monoisotopic (exact) mass is 424 g/mol. The molecule has 31 heavy (non-hydrogen) atoms. The van der Waals surface area contributed by atoms with Gasteiger partial charge in [0.25, 0.3) is 0 Å². The van der Waals surface area contributed by atoms with Crippen LogP contribution in [0.1, 0.15) is 50.0 Å². The number of oxazole rings is 1. The summed E-state index contributed by atoms with van der Waals surface area (Å²) in [5.74, 6) is -0.336. The fourth-order valence-electron chi connectivity index (χ4n) is 4.55. The maximum Gasteiger partial charge on any atom is 0.223 e. The minimum atomic E-state index is -0.704. The highest BCUT2D eigenvalue weighted by atomic mass is 19.1. The van der Waals surface area contributed by atoms with Crippen molar-refractivity contribution in [1.82, 2.24) is 9.88 Å². The van der Waals surface area contributed by atoms with Gasteiger partial charge in [-0.05, 0) is 37.0 Å². The molecule has 1 aliphatic heterocycles. The Balaban J connectivity index is 1.41. The number of carbonyl (C=O) groups excluding carboxylic acids is 1. The summed E-state index contributed by atoms with van der Waals surface area (Å²) in [6.45, 7) is 2.94. The van der Waals surface area contributed by atoms with E-state index in [1.165, 1.54) is 23.9 Å². The first kappa shape index (κ1) is 21.2. The molecule has 3 aromatic rings. The highest BCUT2D eigenvalue weighted by Crippen LogP contribution is 2.34. The Hall–Kier alpha value is -3.02. The van der Waals surface area contributed by atoms with Gasteiger partial charge in [-0.15, -0.1) is 0 Å². The van der Waals surface area contributed by atoms with Crippen molar-refractivity contribution >= 4 is 5.91 Å². The van der Waals surface area contributed by atoms with Crippen LogP contribution in [0.25, 0.3) is 11.3 Å². The number of amides is 1. The Morgan fingerprint density at radius 1 is 1.23 bits per heavy atom. The normalized spacial score (nSPS) is 17.1. The lowest BCUT2D eigenvalue weighted by molar-refractivity contribution is -0.132. The highest BCUT2D eigenvalue weighted by molar-refractivity contribution is 5.77. The third-order valence-corrected chi connectivity index (χ3v) is 6.05. The fraction of sp³-hybridized carbons (Fsp3) is 0.360. The number of carbonyl (C=O) groups is 1. The molecule has 2 aromatic carbocycles. The third-order valence-electron chi connectivity index (χ3n) is 6.05. The Labute approximate surface area is 180 Å². The third kappa shape index (κ3) is 4.68. The number of hydrogen-bond acceptors (Lipinski definition) is 3. The largest absolute Gasteiger partial charge is 0.441 e. The number of halogens is 2. The number of rotatable bonds is 7. The van der Waals surface area contributed by atoms with Crippen LogP contribution in [-0.4, -0.2) is 28.4 Å². The molecule has 4 nitrogen and oxygen atoms in total. The second-order valence-electron chi connectivity index (χ2n) is 7.96. The van der Waals surface area contributed by atoms with Gasteiger partial charge in [0.2, 0.25) is 5.91 Å². The van der Waals surface area contributed by atoms with Crippen molar-refractivity contribution in [2.24, 2.45) is 0 Å². The van der Waals surface area contributed by atoms with E-state index in [-0.39, 0.29) is 29.7 Å². The van der Waals surface area contributed by atoms with E-state index in [1.54, 1.807) is 0 Å². The molecule has 2 atom stereocenters. The SMILES string of the molecule is CC[C@@H](c1ccccc1)[C@@H]1CCCN1C(=O)CCc1ncc(-c2ccc(F)cc2F)o1. The van der Waals surface area contributed by atoms with Gasteiger partial charge in [-0.3, -0.25) is 4.79 Å². The number of likely N-dealkylation sites (tertiary alicyclic amines) is 1. The first-order valence-electron chi connectivity index (χ1n) is 10.8. The molecule has 1 saturated heterocycles. The van der Waals surface area contributed by atoms with Gasteiger partial charge in [-0.2, -0.15) is 0 Å². The average Bonchev–Trinajstić information content (AvgIpc) is 3.44. The molecule has 0 N–H and O–H groups in total. The van der Waals surface area contributed by atoms with Crippen molar-refractivity contribution < 1.29 is 18.0 Å². The van der Waals surface area contributed by atoms with E-state index in [1.807, 2.05) is 23.1 Å². The standard InChI is InChI=1S/C25H26F2N2O2/c1-2-19(17-7-4-3-5-8-17)22-9-6-14-29(22)25(30)13-12-24-28-16-23(31-24)20-11-10-18(26)15-21(20)27/h3-5,7-8,10-11,15-16,19,22H,2,6,9,12-14H2,1H3/t19-,22-/m0/s1. The Kier molecular flexibility index (Phi) is 6.44. The van der Waals surface area contributed by atoms with Gasteiger partial charge in [-0.25, -0.2) is 13.8 Å². The number of benzene rings is 2. The molecule has 0 radical (unpaired) electrons. The van der Waals surface area contributed by atoms with E-state index in [2.05, 4.69) is 24.0 Å². The maximum atomic E-state index is 14.0. The van der Waals surface area contributed by atoms with Crippen LogP contribution in [0.2, 0.25) is 0 Å². The number of aromatic nitrogens is 1. The van der Waals surface area contributed by atoms with Crippen LogP contribution in [0.15, 0.2) is 59.1 Å². The van der Waals surface area contributed by atoms with Gasteiger partial charge < -0.3 is 9.32 Å². The molecule has 1 aliphatic rings. The summed E-state index contributed by atoms with van der Waals surface area (Å²) in [7, 11) is 0. The van der Waals surface area contributed by atoms with Crippen LogP contribution in [0, 0.1) is 11.6 Å². The van der Waals surface area contributed by atoms with Crippen molar-refractivity contribution in [1.29, 1.82) is 0 Å². The molecule has 0 bridgehead atoms. The summed E-state index contributed by atoms with van der Waals surface area (Å²) in [5, 5.41) is 0.